The summed E-state index contributed by atoms with van der Waals surface area (Å²) >= 11 is 0. The summed E-state index contributed by atoms with van der Waals surface area (Å²) in [6.07, 6.45) is -2.35. The predicted molar refractivity (Wildman–Crippen MR) is 67.8 cm³/mol. The molecule has 0 aromatic carbocycles. The van der Waals surface area contributed by atoms with Gasteiger partial charge in [0, 0.05) is 0 Å². The lowest BCUT2D eigenvalue weighted by atomic mass is 9.80. The number of amides is 2. The van der Waals surface area contributed by atoms with Gasteiger partial charge in [0.05, 0.1) is 6.54 Å². The fraction of sp³-hybridized carbons (Fsp3) is 0.846. The molecule has 0 bridgehead atoms. The van der Waals surface area contributed by atoms with E-state index in [1.165, 1.54) is 6.92 Å². The molecule has 4 nitrogen and oxygen atoms in total. The number of piperazine rings is 1. The number of rotatable bonds is 3. The van der Waals surface area contributed by atoms with Gasteiger partial charge in [-0.3, -0.25) is 9.59 Å². The third-order valence-electron chi connectivity index (χ3n) is 3.75. The molecule has 110 valence electrons. The first-order chi connectivity index (χ1) is 8.54. The minimum atomic E-state index is -2.65. The molecule has 6 heteroatoms. The highest BCUT2D eigenvalue weighted by atomic mass is 19.3. The molecule has 2 amide bonds. The van der Waals surface area contributed by atoms with Crippen LogP contribution in [0.25, 0.3) is 0 Å². The van der Waals surface area contributed by atoms with Gasteiger partial charge >= 0.3 is 0 Å². The van der Waals surface area contributed by atoms with E-state index in [-0.39, 0.29) is 5.91 Å². The van der Waals surface area contributed by atoms with Crippen LogP contribution in [-0.2, 0) is 9.59 Å². The second kappa shape index (κ2) is 5.06. The van der Waals surface area contributed by atoms with E-state index < -0.39 is 35.9 Å². The maximum atomic E-state index is 12.7. The Labute approximate surface area is 112 Å². The fourth-order valence-corrected chi connectivity index (χ4v) is 2.24. The number of carbonyl (C=O) groups is 2. The summed E-state index contributed by atoms with van der Waals surface area (Å²) in [7, 11) is 0. The molecule has 0 spiro atoms. The summed E-state index contributed by atoms with van der Waals surface area (Å²) in [4.78, 5) is 25.6. The second-order valence-corrected chi connectivity index (χ2v) is 6.24. The van der Waals surface area contributed by atoms with E-state index in [1.807, 2.05) is 0 Å². The molecule has 1 fully saturated rings. The molecule has 2 atom stereocenters. The van der Waals surface area contributed by atoms with Crippen molar-refractivity contribution in [1.29, 1.82) is 0 Å². The summed E-state index contributed by atoms with van der Waals surface area (Å²) in [6.45, 7) is 7.93. The lowest BCUT2D eigenvalue weighted by molar-refractivity contribution is -0.162. The van der Waals surface area contributed by atoms with Gasteiger partial charge in [-0.2, -0.15) is 0 Å². The van der Waals surface area contributed by atoms with E-state index in [2.05, 4.69) is 5.32 Å². The van der Waals surface area contributed by atoms with Crippen molar-refractivity contribution in [3.63, 3.8) is 0 Å². The molecule has 1 aliphatic heterocycles. The van der Waals surface area contributed by atoms with E-state index in [9.17, 15) is 18.4 Å². The predicted octanol–water partition coefficient (Wildman–Crippen LogP) is 1.79. The van der Waals surface area contributed by atoms with Gasteiger partial charge in [0.2, 0.25) is 11.8 Å². The molecular formula is C13H22F2N2O2. The van der Waals surface area contributed by atoms with E-state index >= 15 is 0 Å². The first kappa shape index (κ1) is 15.9. The molecule has 0 radical (unpaired) electrons. The number of carbonyl (C=O) groups excluding carboxylic acids is 2. The van der Waals surface area contributed by atoms with Gasteiger partial charge in [-0.1, -0.05) is 27.7 Å². The van der Waals surface area contributed by atoms with Crippen LogP contribution in [0, 0.1) is 5.41 Å². The Balaban J connectivity index is 3.16. The van der Waals surface area contributed by atoms with Crippen LogP contribution in [0.2, 0.25) is 0 Å². The maximum absolute atomic E-state index is 12.7. The highest BCUT2D eigenvalue weighted by molar-refractivity contribution is 5.99. The molecule has 0 saturated carbocycles. The fourth-order valence-electron chi connectivity index (χ4n) is 2.24. The summed E-state index contributed by atoms with van der Waals surface area (Å²) in [5.41, 5.74) is -1.71. The van der Waals surface area contributed by atoms with Crippen molar-refractivity contribution in [2.24, 2.45) is 5.41 Å². The molecular weight excluding hydrogens is 254 g/mol. The van der Waals surface area contributed by atoms with Crippen LogP contribution in [0.15, 0.2) is 0 Å². The van der Waals surface area contributed by atoms with Crippen molar-refractivity contribution in [3.8, 4) is 0 Å². The average molecular weight is 276 g/mol. The Morgan fingerprint density at radius 1 is 1.37 bits per heavy atom. The van der Waals surface area contributed by atoms with Crippen LogP contribution in [0.4, 0.5) is 8.78 Å². The van der Waals surface area contributed by atoms with Crippen molar-refractivity contribution in [1.82, 2.24) is 10.2 Å². The largest absolute Gasteiger partial charge is 0.342 e. The lowest BCUT2D eigenvalue weighted by Crippen LogP contribution is -2.72. The highest BCUT2D eigenvalue weighted by Gasteiger charge is 2.51. The van der Waals surface area contributed by atoms with Crippen LogP contribution in [-0.4, -0.2) is 41.3 Å². The summed E-state index contributed by atoms with van der Waals surface area (Å²) in [5, 5.41) is 2.68. The zero-order valence-corrected chi connectivity index (χ0v) is 12.1. The molecule has 1 rings (SSSR count). The number of hydrogen-bond donors (Lipinski definition) is 1. The van der Waals surface area contributed by atoms with E-state index in [1.54, 1.807) is 27.7 Å². The van der Waals surface area contributed by atoms with Crippen LogP contribution in [0.1, 0.15) is 41.0 Å². The monoisotopic (exact) mass is 276 g/mol. The van der Waals surface area contributed by atoms with Gasteiger partial charge in [-0.15, -0.1) is 0 Å². The van der Waals surface area contributed by atoms with Crippen LogP contribution >= 0.6 is 0 Å². The molecule has 1 N–H and O–H groups in total. The smallest absolute Gasteiger partial charge is 0.255 e. The number of alkyl halides is 2. The zero-order valence-electron chi connectivity index (χ0n) is 12.1. The minimum absolute atomic E-state index is 0.300. The van der Waals surface area contributed by atoms with E-state index in [4.69, 9.17) is 0 Å². The first-order valence-electron chi connectivity index (χ1n) is 6.44. The van der Waals surface area contributed by atoms with Gasteiger partial charge in [0.25, 0.3) is 6.43 Å². The topological polar surface area (TPSA) is 49.4 Å². The third-order valence-corrected chi connectivity index (χ3v) is 3.75. The molecule has 1 heterocycles. The number of hydrogen-bond acceptors (Lipinski definition) is 2. The van der Waals surface area contributed by atoms with Crippen molar-refractivity contribution in [2.45, 2.75) is 59.0 Å². The van der Waals surface area contributed by atoms with Crippen LogP contribution < -0.4 is 5.32 Å². The summed E-state index contributed by atoms with van der Waals surface area (Å²) < 4.78 is 25.4. The summed E-state index contributed by atoms with van der Waals surface area (Å²) in [5.74, 6) is -0.799. The van der Waals surface area contributed by atoms with Gasteiger partial charge in [-0.05, 0) is 18.8 Å². The third kappa shape index (κ3) is 2.87. The van der Waals surface area contributed by atoms with Crippen molar-refractivity contribution in [2.75, 3.05) is 6.54 Å². The second-order valence-electron chi connectivity index (χ2n) is 6.24. The Morgan fingerprint density at radius 3 is 2.26 bits per heavy atom. The molecule has 0 aliphatic carbocycles. The maximum Gasteiger partial charge on any atom is 0.255 e. The normalized spacial score (nSPS) is 28.8. The number of halogens is 2. The Hall–Kier alpha value is -1.20. The first-order valence-corrected chi connectivity index (χ1v) is 6.44. The Morgan fingerprint density at radius 2 is 1.89 bits per heavy atom. The van der Waals surface area contributed by atoms with E-state index in [0.29, 0.717) is 6.42 Å². The highest BCUT2D eigenvalue weighted by Crippen LogP contribution is 2.31. The van der Waals surface area contributed by atoms with Crippen LogP contribution in [0.5, 0.6) is 0 Å². The molecule has 1 saturated heterocycles. The van der Waals surface area contributed by atoms with Gasteiger partial charge in [0.15, 0.2) is 0 Å². The standard InChI is InChI=1S/C13H22F2N2O2/c1-6-13(5)11(19)16-9(12(2,3)4)10(18)17(13)7-8(14)15/h8-9H,6-7H2,1-5H3,(H,16,19). The lowest BCUT2D eigenvalue weighted by Gasteiger charge is -2.48. The molecule has 0 aromatic heterocycles. The zero-order chi connectivity index (χ0) is 15.0. The van der Waals surface area contributed by atoms with Gasteiger partial charge in [0.1, 0.15) is 11.6 Å². The minimum Gasteiger partial charge on any atom is -0.342 e. The average Bonchev–Trinajstić information content (AvgIpc) is 2.27. The molecule has 19 heavy (non-hydrogen) atoms. The van der Waals surface area contributed by atoms with Crippen molar-refractivity contribution < 1.29 is 18.4 Å². The van der Waals surface area contributed by atoms with Crippen molar-refractivity contribution in [3.05, 3.63) is 0 Å². The van der Waals surface area contributed by atoms with Crippen LogP contribution in [0.3, 0.4) is 0 Å². The van der Waals surface area contributed by atoms with Gasteiger partial charge < -0.3 is 10.2 Å². The quantitative estimate of drug-likeness (QED) is 0.854. The number of nitrogens with zero attached hydrogens (tertiary/aromatic N) is 1. The molecule has 1 aliphatic rings. The Bertz CT molecular complexity index is 379. The van der Waals surface area contributed by atoms with Crippen molar-refractivity contribution >= 4 is 11.8 Å². The summed E-state index contributed by atoms with van der Waals surface area (Å²) in [6, 6.07) is -0.765. The number of nitrogens with one attached hydrogen (secondary N) is 1. The molecule has 2 unspecified atom stereocenters. The van der Waals surface area contributed by atoms with Gasteiger partial charge in [-0.25, -0.2) is 8.78 Å². The Kier molecular flexibility index (Phi) is 4.22. The van der Waals surface area contributed by atoms with E-state index in [0.717, 1.165) is 4.90 Å². The molecule has 0 aromatic rings. The SMILES string of the molecule is CCC1(C)C(=O)NC(C(C)(C)C)C(=O)N1CC(F)F.